The van der Waals surface area contributed by atoms with Crippen LogP contribution in [-0.2, 0) is 13.1 Å². The number of nitrogens with zero attached hydrogens (tertiary/aromatic N) is 3. The van der Waals surface area contributed by atoms with Crippen molar-refractivity contribution in [3.8, 4) is 11.5 Å². The number of benzene rings is 1. The molecule has 0 aliphatic rings. The van der Waals surface area contributed by atoms with Gasteiger partial charge in [0, 0.05) is 37.7 Å². The van der Waals surface area contributed by atoms with Gasteiger partial charge in [-0.05, 0) is 25.0 Å². The highest BCUT2D eigenvalue weighted by Crippen LogP contribution is 2.30. The summed E-state index contributed by atoms with van der Waals surface area (Å²) < 4.78 is 13.1. The number of hydrogen-bond acceptors (Lipinski definition) is 4. The Bertz CT molecular complexity index is 724. The molecule has 0 saturated heterocycles. The second-order valence-electron chi connectivity index (χ2n) is 6.24. The first kappa shape index (κ1) is 19.6. The molecule has 1 aromatic heterocycles. The van der Waals surface area contributed by atoms with Gasteiger partial charge in [0.05, 0.1) is 20.3 Å². The van der Waals surface area contributed by atoms with Crippen molar-refractivity contribution in [1.82, 2.24) is 14.9 Å². The van der Waals surface area contributed by atoms with Gasteiger partial charge in [0.15, 0.2) is 17.5 Å². The molecule has 26 heavy (non-hydrogen) atoms. The molecule has 0 radical (unpaired) electrons. The molecule has 2 N–H and O–H groups in total. The van der Waals surface area contributed by atoms with Crippen LogP contribution < -0.4 is 20.1 Å². The number of anilines is 1. The SMILES string of the molecule is CCOc1ccc(NC(=NC)NCc2nccn2CC(C)C)cc1OC. The van der Waals surface area contributed by atoms with Gasteiger partial charge in [0.25, 0.3) is 0 Å². The summed E-state index contributed by atoms with van der Waals surface area (Å²) in [6.45, 7) is 8.45. The Kier molecular flexibility index (Phi) is 7.32. The topological polar surface area (TPSA) is 72.7 Å². The fraction of sp³-hybridized carbons (Fsp3) is 0.474. The molecule has 0 bridgehead atoms. The number of hydrogen-bond donors (Lipinski definition) is 2. The third kappa shape index (κ3) is 5.40. The number of aromatic nitrogens is 2. The molecule has 2 aromatic rings. The quantitative estimate of drug-likeness (QED) is 0.560. The average Bonchev–Trinajstić information content (AvgIpc) is 3.06. The van der Waals surface area contributed by atoms with Crippen molar-refractivity contribution in [2.45, 2.75) is 33.9 Å². The molecule has 1 aromatic carbocycles. The van der Waals surface area contributed by atoms with E-state index in [4.69, 9.17) is 9.47 Å². The zero-order valence-electron chi connectivity index (χ0n) is 16.2. The second kappa shape index (κ2) is 9.70. The molecule has 0 spiro atoms. The van der Waals surface area contributed by atoms with E-state index >= 15 is 0 Å². The van der Waals surface area contributed by atoms with Gasteiger partial charge in [0.2, 0.25) is 0 Å². The minimum Gasteiger partial charge on any atom is -0.493 e. The summed E-state index contributed by atoms with van der Waals surface area (Å²) in [5.41, 5.74) is 0.865. The van der Waals surface area contributed by atoms with Crippen LogP contribution in [0.3, 0.4) is 0 Å². The van der Waals surface area contributed by atoms with Gasteiger partial charge in [-0.2, -0.15) is 0 Å². The Morgan fingerprint density at radius 3 is 2.77 bits per heavy atom. The fourth-order valence-electron chi connectivity index (χ4n) is 2.57. The maximum Gasteiger partial charge on any atom is 0.195 e. The van der Waals surface area contributed by atoms with Crippen molar-refractivity contribution >= 4 is 11.6 Å². The highest BCUT2D eigenvalue weighted by atomic mass is 16.5. The van der Waals surface area contributed by atoms with E-state index in [0.29, 0.717) is 30.8 Å². The van der Waals surface area contributed by atoms with Crippen LogP contribution >= 0.6 is 0 Å². The van der Waals surface area contributed by atoms with Crippen molar-refractivity contribution in [2.24, 2.45) is 10.9 Å². The molecule has 0 aliphatic heterocycles. The van der Waals surface area contributed by atoms with Gasteiger partial charge in [0.1, 0.15) is 5.82 Å². The van der Waals surface area contributed by atoms with Gasteiger partial charge < -0.3 is 24.7 Å². The molecule has 142 valence electrons. The summed E-state index contributed by atoms with van der Waals surface area (Å²) in [5.74, 6) is 3.61. The van der Waals surface area contributed by atoms with Crippen LogP contribution in [0.1, 0.15) is 26.6 Å². The van der Waals surface area contributed by atoms with E-state index < -0.39 is 0 Å². The zero-order valence-corrected chi connectivity index (χ0v) is 16.2. The predicted octanol–water partition coefficient (Wildman–Crippen LogP) is 3.13. The number of methoxy groups -OCH3 is 1. The number of guanidine groups is 1. The second-order valence-corrected chi connectivity index (χ2v) is 6.24. The molecule has 7 nitrogen and oxygen atoms in total. The van der Waals surface area contributed by atoms with Gasteiger partial charge >= 0.3 is 0 Å². The summed E-state index contributed by atoms with van der Waals surface area (Å²) in [7, 11) is 3.37. The summed E-state index contributed by atoms with van der Waals surface area (Å²) in [6.07, 6.45) is 3.83. The number of imidazole rings is 1. The van der Waals surface area contributed by atoms with Crippen LogP contribution in [0.25, 0.3) is 0 Å². The van der Waals surface area contributed by atoms with E-state index in [1.807, 2.05) is 37.5 Å². The summed E-state index contributed by atoms with van der Waals surface area (Å²) >= 11 is 0. The van der Waals surface area contributed by atoms with Gasteiger partial charge in [-0.25, -0.2) is 4.98 Å². The first-order valence-corrected chi connectivity index (χ1v) is 8.85. The number of ether oxygens (including phenoxy) is 2. The molecule has 2 rings (SSSR count). The maximum atomic E-state index is 5.55. The largest absolute Gasteiger partial charge is 0.493 e. The third-order valence-corrected chi connectivity index (χ3v) is 3.73. The molecule has 0 amide bonds. The van der Waals surface area contributed by atoms with Crippen LogP contribution in [0, 0.1) is 5.92 Å². The van der Waals surface area contributed by atoms with Crippen LogP contribution in [0.5, 0.6) is 11.5 Å². The number of aliphatic imine (C=N–C) groups is 1. The molecule has 0 unspecified atom stereocenters. The van der Waals surface area contributed by atoms with Gasteiger partial charge in [-0.1, -0.05) is 13.8 Å². The van der Waals surface area contributed by atoms with E-state index in [1.54, 1.807) is 14.2 Å². The Morgan fingerprint density at radius 1 is 1.31 bits per heavy atom. The Morgan fingerprint density at radius 2 is 2.12 bits per heavy atom. The highest BCUT2D eigenvalue weighted by Gasteiger charge is 2.09. The molecule has 0 fully saturated rings. The Balaban J connectivity index is 2.01. The normalized spacial score (nSPS) is 11.5. The predicted molar refractivity (Wildman–Crippen MR) is 105 cm³/mol. The smallest absolute Gasteiger partial charge is 0.195 e. The zero-order chi connectivity index (χ0) is 18.9. The van der Waals surface area contributed by atoms with Crippen molar-refractivity contribution < 1.29 is 9.47 Å². The molecule has 0 atom stereocenters. The van der Waals surface area contributed by atoms with E-state index in [1.165, 1.54) is 0 Å². The Labute approximate surface area is 155 Å². The lowest BCUT2D eigenvalue weighted by Gasteiger charge is -2.15. The van der Waals surface area contributed by atoms with Crippen molar-refractivity contribution in [2.75, 3.05) is 26.1 Å². The van der Waals surface area contributed by atoms with Crippen LogP contribution in [0.2, 0.25) is 0 Å². The minimum absolute atomic E-state index is 0.566. The number of nitrogens with one attached hydrogen (secondary N) is 2. The number of rotatable bonds is 8. The summed E-state index contributed by atoms with van der Waals surface area (Å²) in [5, 5.41) is 6.56. The lowest BCUT2D eigenvalue weighted by atomic mass is 10.2. The van der Waals surface area contributed by atoms with Crippen molar-refractivity contribution in [3.05, 3.63) is 36.4 Å². The van der Waals surface area contributed by atoms with E-state index in [0.717, 1.165) is 23.8 Å². The van der Waals surface area contributed by atoms with Crippen LogP contribution in [0.4, 0.5) is 5.69 Å². The van der Waals surface area contributed by atoms with Crippen molar-refractivity contribution in [1.29, 1.82) is 0 Å². The van der Waals surface area contributed by atoms with E-state index in [9.17, 15) is 0 Å². The van der Waals surface area contributed by atoms with Crippen molar-refractivity contribution in [3.63, 3.8) is 0 Å². The molecule has 7 heteroatoms. The molecular weight excluding hydrogens is 330 g/mol. The lowest BCUT2D eigenvalue weighted by Crippen LogP contribution is -2.31. The minimum atomic E-state index is 0.566. The van der Waals surface area contributed by atoms with Gasteiger partial charge in [-0.15, -0.1) is 0 Å². The van der Waals surface area contributed by atoms with E-state index in [2.05, 4.69) is 39.0 Å². The molecule has 0 saturated carbocycles. The monoisotopic (exact) mass is 359 g/mol. The fourth-order valence-corrected chi connectivity index (χ4v) is 2.57. The highest BCUT2D eigenvalue weighted by molar-refractivity contribution is 5.93. The van der Waals surface area contributed by atoms with Crippen LogP contribution in [0.15, 0.2) is 35.6 Å². The summed E-state index contributed by atoms with van der Waals surface area (Å²) in [4.78, 5) is 8.70. The standard InChI is InChI=1S/C19H29N5O2/c1-6-26-16-8-7-15(11-17(16)25-5)23-19(20-4)22-12-18-21-9-10-24(18)13-14(2)3/h7-11,14H,6,12-13H2,1-5H3,(H2,20,22,23). The average molecular weight is 359 g/mol. The third-order valence-electron chi connectivity index (χ3n) is 3.73. The van der Waals surface area contributed by atoms with Crippen LogP contribution in [-0.4, -0.2) is 36.3 Å². The first-order chi connectivity index (χ1) is 12.6. The Hall–Kier alpha value is -2.70. The molecular formula is C19H29N5O2. The molecule has 0 aliphatic carbocycles. The lowest BCUT2D eigenvalue weighted by molar-refractivity contribution is 0.311. The molecule has 1 heterocycles. The van der Waals surface area contributed by atoms with Gasteiger partial charge in [-0.3, -0.25) is 4.99 Å². The van der Waals surface area contributed by atoms with E-state index in [-0.39, 0.29) is 0 Å². The maximum absolute atomic E-state index is 5.55. The first-order valence-electron chi connectivity index (χ1n) is 8.85. The summed E-state index contributed by atoms with van der Waals surface area (Å²) in [6, 6.07) is 5.70.